The van der Waals surface area contributed by atoms with Crippen molar-refractivity contribution in [1.29, 1.82) is 0 Å². The third-order valence-corrected chi connectivity index (χ3v) is 2.25. The molecule has 18 heavy (non-hydrogen) atoms. The van der Waals surface area contributed by atoms with Gasteiger partial charge in [-0.25, -0.2) is 4.68 Å². The first-order valence-electron chi connectivity index (χ1n) is 5.59. The maximum absolute atomic E-state index is 5.87. The van der Waals surface area contributed by atoms with Crippen LogP contribution in [-0.4, -0.2) is 31.3 Å². The lowest BCUT2D eigenvalue weighted by molar-refractivity contribution is 0.441. The van der Waals surface area contributed by atoms with Gasteiger partial charge >= 0.3 is 0 Å². The van der Waals surface area contributed by atoms with Crippen molar-refractivity contribution in [2.24, 2.45) is 5.41 Å². The van der Waals surface area contributed by atoms with Crippen LogP contribution >= 0.6 is 11.6 Å². The molecular formula is C11H15ClN6. The van der Waals surface area contributed by atoms with Crippen molar-refractivity contribution < 1.29 is 0 Å². The average Bonchev–Trinajstić information content (AvgIpc) is 2.78. The number of aromatic nitrogens is 5. The van der Waals surface area contributed by atoms with Crippen LogP contribution in [0.25, 0.3) is 5.95 Å². The zero-order valence-electron chi connectivity index (χ0n) is 10.6. The molecule has 0 bridgehead atoms. The van der Waals surface area contributed by atoms with Gasteiger partial charge in [-0.3, -0.25) is 0 Å². The van der Waals surface area contributed by atoms with E-state index in [0.717, 1.165) is 6.54 Å². The Bertz CT molecular complexity index is 517. The number of halogens is 1. The summed E-state index contributed by atoms with van der Waals surface area (Å²) in [7, 11) is 0. The Morgan fingerprint density at radius 3 is 2.67 bits per heavy atom. The van der Waals surface area contributed by atoms with Crippen molar-refractivity contribution in [1.82, 2.24) is 24.7 Å². The van der Waals surface area contributed by atoms with Crippen LogP contribution in [0.1, 0.15) is 20.8 Å². The van der Waals surface area contributed by atoms with Gasteiger partial charge in [0, 0.05) is 18.9 Å². The molecule has 96 valence electrons. The van der Waals surface area contributed by atoms with Gasteiger partial charge in [0.25, 0.3) is 5.95 Å². The fourth-order valence-corrected chi connectivity index (χ4v) is 1.41. The Morgan fingerprint density at radius 1 is 1.28 bits per heavy atom. The fraction of sp³-hybridized carbons (Fsp3) is 0.455. The molecule has 2 aromatic rings. The molecule has 0 aliphatic carbocycles. The predicted molar refractivity (Wildman–Crippen MR) is 69.9 cm³/mol. The number of hydrogen-bond donors (Lipinski definition) is 1. The minimum Gasteiger partial charge on any atom is -0.354 e. The van der Waals surface area contributed by atoms with E-state index in [0.29, 0.717) is 11.9 Å². The van der Waals surface area contributed by atoms with E-state index in [4.69, 9.17) is 11.6 Å². The molecule has 0 aliphatic rings. The van der Waals surface area contributed by atoms with Crippen molar-refractivity contribution in [3.05, 3.63) is 23.7 Å². The standard InChI is InChI=1S/C11H15ClN6/c1-11(2,3)7-13-9-15-8(12)16-10(17-9)18-6-4-5-14-18/h4-6H,7H2,1-3H3,(H,13,15,16,17). The van der Waals surface area contributed by atoms with Crippen LogP contribution in [0.3, 0.4) is 0 Å². The van der Waals surface area contributed by atoms with Gasteiger partial charge in [0.2, 0.25) is 11.2 Å². The molecule has 0 fully saturated rings. The molecule has 2 rings (SSSR count). The Kier molecular flexibility index (Phi) is 3.47. The highest BCUT2D eigenvalue weighted by Crippen LogP contribution is 2.14. The van der Waals surface area contributed by atoms with Gasteiger partial charge in [0.05, 0.1) is 0 Å². The summed E-state index contributed by atoms with van der Waals surface area (Å²) >= 11 is 5.87. The molecule has 0 atom stereocenters. The first-order valence-corrected chi connectivity index (χ1v) is 5.97. The van der Waals surface area contributed by atoms with Crippen molar-refractivity contribution >= 4 is 17.5 Å². The molecule has 0 saturated heterocycles. The molecule has 0 spiro atoms. The topological polar surface area (TPSA) is 68.5 Å². The second-order valence-electron chi connectivity index (χ2n) is 5.09. The monoisotopic (exact) mass is 266 g/mol. The van der Waals surface area contributed by atoms with E-state index in [1.54, 1.807) is 18.5 Å². The van der Waals surface area contributed by atoms with Crippen LogP contribution in [0.4, 0.5) is 5.95 Å². The van der Waals surface area contributed by atoms with Gasteiger partial charge in [-0.05, 0) is 23.1 Å². The van der Waals surface area contributed by atoms with Gasteiger partial charge in [-0.1, -0.05) is 20.8 Å². The van der Waals surface area contributed by atoms with E-state index in [1.807, 2.05) is 0 Å². The van der Waals surface area contributed by atoms with Crippen molar-refractivity contribution in [2.45, 2.75) is 20.8 Å². The van der Waals surface area contributed by atoms with E-state index >= 15 is 0 Å². The van der Waals surface area contributed by atoms with E-state index in [2.05, 4.69) is 46.1 Å². The Balaban J connectivity index is 2.22. The molecule has 0 aliphatic heterocycles. The third-order valence-electron chi connectivity index (χ3n) is 2.08. The minimum atomic E-state index is 0.130. The van der Waals surface area contributed by atoms with Crippen molar-refractivity contribution in [3.8, 4) is 5.95 Å². The Labute approximate surface area is 110 Å². The lowest BCUT2D eigenvalue weighted by Crippen LogP contribution is -2.21. The molecule has 1 N–H and O–H groups in total. The maximum atomic E-state index is 5.87. The fourth-order valence-electron chi connectivity index (χ4n) is 1.25. The first kappa shape index (κ1) is 12.8. The second kappa shape index (κ2) is 4.89. The van der Waals surface area contributed by atoms with Crippen LogP contribution < -0.4 is 5.32 Å². The van der Waals surface area contributed by atoms with Crippen LogP contribution in [0, 0.1) is 5.41 Å². The van der Waals surface area contributed by atoms with E-state index in [1.165, 1.54) is 4.68 Å². The summed E-state index contributed by atoms with van der Waals surface area (Å²) in [6, 6.07) is 1.79. The summed E-state index contributed by atoms with van der Waals surface area (Å²) in [5, 5.41) is 7.34. The van der Waals surface area contributed by atoms with Crippen LogP contribution in [0.15, 0.2) is 18.5 Å². The van der Waals surface area contributed by atoms with Crippen molar-refractivity contribution in [2.75, 3.05) is 11.9 Å². The number of nitrogens with one attached hydrogen (secondary N) is 1. The van der Waals surface area contributed by atoms with Gasteiger partial charge < -0.3 is 5.32 Å². The highest BCUT2D eigenvalue weighted by atomic mass is 35.5. The summed E-state index contributed by atoms with van der Waals surface area (Å²) in [5.74, 6) is 0.854. The summed E-state index contributed by atoms with van der Waals surface area (Å²) in [5.41, 5.74) is 0.130. The number of anilines is 1. The highest BCUT2D eigenvalue weighted by molar-refractivity contribution is 6.28. The van der Waals surface area contributed by atoms with E-state index < -0.39 is 0 Å². The molecule has 0 amide bonds. The number of nitrogens with zero attached hydrogens (tertiary/aromatic N) is 5. The number of rotatable bonds is 3. The zero-order chi connectivity index (χ0) is 13.2. The number of hydrogen-bond acceptors (Lipinski definition) is 5. The van der Waals surface area contributed by atoms with Crippen LogP contribution in [0.5, 0.6) is 0 Å². The molecule has 0 aromatic carbocycles. The molecule has 0 unspecified atom stereocenters. The Morgan fingerprint density at radius 2 is 2.06 bits per heavy atom. The molecule has 0 saturated carbocycles. The first-order chi connectivity index (χ1) is 8.44. The second-order valence-corrected chi connectivity index (χ2v) is 5.43. The van der Waals surface area contributed by atoms with Crippen LogP contribution in [0.2, 0.25) is 5.28 Å². The largest absolute Gasteiger partial charge is 0.354 e. The molecular weight excluding hydrogens is 252 g/mol. The third kappa shape index (κ3) is 3.40. The normalized spacial score (nSPS) is 11.6. The minimum absolute atomic E-state index is 0.130. The SMILES string of the molecule is CC(C)(C)CNc1nc(Cl)nc(-n2cccn2)n1. The maximum Gasteiger partial charge on any atom is 0.256 e. The molecule has 2 aromatic heterocycles. The van der Waals surface area contributed by atoms with Gasteiger partial charge in [-0.2, -0.15) is 20.1 Å². The Hall–Kier alpha value is -1.69. The van der Waals surface area contributed by atoms with E-state index in [-0.39, 0.29) is 10.7 Å². The highest BCUT2D eigenvalue weighted by Gasteiger charge is 2.12. The average molecular weight is 267 g/mol. The van der Waals surface area contributed by atoms with E-state index in [9.17, 15) is 0 Å². The van der Waals surface area contributed by atoms with Gasteiger partial charge in [0.1, 0.15) is 0 Å². The zero-order valence-corrected chi connectivity index (χ0v) is 11.3. The predicted octanol–water partition coefficient (Wildman–Crippen LogP) is 2.17. The summed E-state index contributed by atoms with van der Waals surface area (Å²) < 4.78 is 1.54. The molecule has 0 radical (unpaired) electrons. The smallest absolute Gasteiger partial charge is 0.256 e. The van der Waals surface area contributed by atoms with Crippen LogP contribution in [-0.2, 0) is 0 Å². The van der Waals surface area contributed by atoms with Gasteiger partial charge in [-0.15, -0.1) is 0 Å². The summed E-state index contributed by atoms with van der Waals surface area (Å²) in [6.07, 6.45) is 3.40. The molecule has 7 heteroatoms. The summed E-state index contributed by atoms with van der Waals surface area (Å²) in [4.78, 5) is 12.3. The quantitative estimate of drug-likeness (QED) is 0.922. The van der Waals surface area contributed by atoms with Gasteiger partial charge in [0.15, 0.2) is 0 Å². The summed E-state index contributed by atoms with van der Waals surface area (Å²) in [6.45, 7) is 7.11. The molecule has 6 nitrogen and oxygen atoms in total. The lowest BCUT2D eigenvalue weighted by atomic mass is 9.97. The van der Waals surface area contributed by atoms with Crippen molar-refractivity contribution in [3.63, 3.8) is 0 Å². The molecule has 2 heterocycles. The lowest BCUT2D eigenvalue weighted by Gasteiger charge is -2.18.